The maximum absolute atomic E-state index is 3.72. The first-order valence-corrected chi connectivity index (χ1v) is 8.95. The van der Waals surface area contributed by atoms with Crippen molar-refractivity contribution >= 4 is 0 Å². The summed E-state index contributed by atoms with van der Waals surface area (Å²) in [6.07, 6.45) is 9.70. The first-order valence-electron chi connectivity index (χ1n) is 8.95. The highest BCUT2D eigenvalue weighted by atomic mass is 15.2. The van der Waals surface area contributed by atoms with E-state index >= 15 is 0 Å². The Labute approximate surface area is 127 Å². The van der Waals surface area contributed by atoms with Crippen LogP contribution in [0.5, 0.6) is 0 Å². The molecule has 0 aliphatic carbocycles. The van der Waals surface area contributed by atoms with Gasteiger partial charge in [-0.1, -0.05) is 33.1 Å². The Bertz CT molecular complexity index is 244. The zero-order valence-electron chi connectivity index (χ0n) is 14.7. The molecular weight excluding hydrogens is 244 g/mol. The number of hydrogen-bond donors (Lipinski definition) is 1. The second-order valence-electron chi connectivity index (χ2n) is 7.69. The Morgan fingerprint density at radius 3 is 2.45 bits per heavy atom. The minimum atomic E-state index is 0.239. The fraction of sp³-hybridized carbons (Fsp3) is 1.00. The van der Waals surface area contributed by atoms with Gasteiger partial charge in [0.2, 0.25) is 0 Å². The molecule has 20 heavy (non-hydrogen) atoms. The fourth-order valence-electron chi connectivity index (χ4n) is 3.42. The van der Waals surface area contributed by atoms with Gasteiger partial charge in [0.05, 0.1) is 0 Å². The molecule has 2 unspecified atom stereocenters. The zero-order chi connectivity index (χ0) is 15.0. The molecule has 0 aromatic rings. The van der Waals surface area contributed by atoms with Crippen molar-refractivity contribution in [1.82, 2.24) is 10.2 Å². The summed E-state index contributed by atoms with van der Waals surface area (Å²) >= 11 is 0. The Kier molecular flexibility index (Phi) is 8.13. The molecule has 1 saturated heterocycles. The maximum atomic E-state index is 3.72. The molecule has 1 rings (SSSR count). The van der Waals surface area contributed by atoms with Gasteiger partial charge in [-0.05, 0) is 65.5 Å². The highest BCUT2D eigenvalue weighted by molar-refractivity contribution is 4.81. The predicted octanol–water partition coefficient (Wildman–Crippen LogP) is 4.45. The largest absolute Gasteiger partial charge is 0.311 e. The van der Waals surface area contributed by atoms with E-state index in [1.165, 1.54) is 58.0 Å². The topological polar surface area (TPSA) is 15.3 Å². The average molecular weight is 283 g/mol. The molecule has 1 heterocycles. The van der Waals surface area contributed by atoms with Crippen molar-refractivity contribution in [2.45, 2.75) is 91.1 Å². The van der Waals surface area contributed by atoms with Crippen LogP contribution in [0.25, 0.3) is 0 Å². The van der Waals surface area contributed by atoms with Crippen LogP contribution >= 0.6 is 0 Å². The van der Waals surface area contributed by atoms with Gasteiger partial charge in [-0.2, -0.15) is 0 Å². The highest BCUT2D eigenvalue weighted by Crippen LogP contribution is 2.24. The van der Waals surface area contributed by atoms with Gasteiger partial charge in [-0.25, -0.2) is 0 Å². The van der Waals surface area contributed by atoms with Gasteiger partial charge in [0.25, 0.3) is 0 Å². The van der Waals surface area contributed by atoms with Crippen molar-refractivity contribution in [1.29, 1.82) is 0 Å². The number of likely N-dealkylation sites (tertiary alicyclic amines) is 1. The van der Waals surface area contributed by atoms with Crippen molar-refractivity contribution in [2.75, 3.05) is 19.6 Å². The molecule has 1 aliphatic heterocycles. The van der Waals surface area contributed by atoms with Crippen molar-refractivity contribution in [2.24, 2.45) is 5.92 Å². The molecule has 0 amide bonds. The monoisotopic (exact) mass is 282 g/mol. The van der Waals surface area contributed by atoms with Gasteiger partial charge < -0.3 is 5.32 Å². The fourth-order valence-corrected chi connectivity index (χ4v) is 3.42. The lowest BCUT2D eigenvalue weighted by Gasteiger charge is -2.33. The standard InChI is InChI=1S/C18H38N2/c1-6-9-16-11-8-13-20(14-12-16)17(10-7-2)15-19-18(3,4)5/h16-17,19H,6-15H2,1-5H3. The van der Waals surface area contributed by atoms with Gasteiger partial charge in [-0.3, -0.25) is 4.90 Å². The average Bonchev–Trinajstić information content (AvgIpc) is 2.60. The van der Waals surface area contributed by atoms with Crippen molar-refractivity contribution < 1.29 is 0 Å². The summed E-state index contributed by atoms with van der Waals surface area (Å²) in [5.74, 6) is 0.989. The molecule has 0 aromatic carbocycles. The summed E-state index contributed by atoms with van der Waals surface area (Å²) in [6.45, 7) is 15.3. The second kappa shape index (κ2) is 9.04. The second-order valence-corrected chi connectivity index (χ2v) is 7.69. The van der Waals surface area contributed by atoms with E-state index in [0.717, 1.165) is 18.5 Å². The van der Waals surface area contributed by atoms with Crippen LogP contribution in [0.2, 0.25) is 0 Å². The number of nitrogens with one attached hydrogen (secondary N) is 1. The highest BCUT2D eigenvalue weighted by Gasteiger charge is 2.23. The van der Waals surface area contributed by atoms with Crippen molar-refractivity contribution in [3.8, 4) is 0 Å². The summed E-state index contributed by atoms with van der Waals surface area (Å²) in [5.41, 5.74) is 0.239. The van der Waals surface area contributed by atoms with Crippen molar-refractivity contribution in [3.05, 3.63) is 0 Å². The minimum absolute atomic E-state index is 0.239. The molecule has 120 valence electrons. The minimum Gasteiger partial charge on any atom is -0.311 e. The molecule has 2 nitrogen and oxygen atoms in total. The first-order chi connectivity index (χ1) is 9.46. The van der Waals surface area contributed by atoms with E-state index in [-0.39, 0.29) is 5.54 Å². The molecule has 2 atom stereocenters. The third-order valence-electron chi connectivity index (χ3n) is 4.59. The van der Waals surface area contributed by atoms with Crippen LogP contribution in [0.15, 0.2) is 0 Å². The van der Waals surface area contributed by atoms with Gasteiger partial charge in [0, 0.05) is 18.1 Å². The molecule has 0 spiro atoms. The summed E-state index contributed by atoms with van der Waals surface area (Å²) in [7, 11) is 0. The Hall–Kier alpha value is -0.0800. The maximum Gasteiger partial charge on any atom is 0.0220 e. The first kappa shape index (κ1) is 18.0. The summed E-state index contributed by atoms with van der Waals surface area (Å²) in [4.78, 5) is 2.78. The van der Waals surface area contributed by atoms with E-state index in [1.54, 1.807) is 0 Å². The van der Waals surface area contributed by atoms with Crippen LogP contribution in [-0.4, -0.2) is 36.1 Å². The van der Waals surface area contributed by atoms with Crippen LogP contribution in [0, 0.1) is 5.92 Å². The summed E-state index contributed by atoms with van der Waals surface area (Å²) in [6, 6.07) is 0.736. The molecule has 0 aromatic heterocycles. The Balaban J connectivity index is 2.49. The van der Waals surface area contributed by atoms with E-state index in [1.807, 2.05) is 0 Å². The summed E-state index contributed by atoms with van der Waals surface area (Å²) in [5, 5.41) is 3.72. The van der Waals surface area contributed by atoms with Crippen LogP contribution in [0.4, 0.5) is 0 Å². The van der Waals surface area contributed by atoms with E-state index in [0.29, 0.717) is 0 Å². The molecule has 1 N–H and O–H groups in total. The molecule has 0 saturated carbocycles. The SMILES string of the molecule is CCCC1CCCN(C(CCC)CNC(C)(C)C)CC1. The Morgan fingerprint density at radius 2 is 1.85 bits per heavy atom. The number of nitrogens with zero attached hydrogens (tertiary/aromatic N) is 1. The third kappa shape index (κ3) is 7.08. The van der Waals surface area contributed by atoms with Crippen LogP contribution in [0.1, 0.15) is 79.6 Å². The van der Waals surface area contributed by atoms with E-state index in [4.69, 9.17) is 0 Å². The van der Waals surface area contributed by atoms with E-state index in [2.05, 4.69) is 44.8 Å². The zero-order valence-corrected chi connectivity index (χ0v) is 14.7. The number of rotatable bonds is 7. The lowest BCUT2D eigenvalue weighted by Crippen LogP contribution is -2.48. The molecule has 2 heteroatoms. The van der Waals surface area contributed by atoms with Gasteiger partial charge in [0.1, 0.15) is 0 Å². The Morgan fingerprint density at radius 1 is 1.10 bits per heavy atom. The summed E-state index contributed by atoms with van der Waals surface area (Å²) < 4.78 is 0. The van der Waals surface area contributed by atoms with Gasteiger partial charge >= 0.3 is 0 Å². The van der Waals surface area contributed by atoms with Gasteiger partial charge in [-0.15, -0.1) is 0 Å². The molecule has 1 aliphatic rings. The lowest BCUT2D eigenvalue weighted by atomic mass is 9.96. The van der Waals surface area contributed by atoms with E-state index in [9.17, 15) is 0 Å². The van der Waals surface area contributed by atoms with Crippen molar-refractivity contribution in [3.63, 3.8) is 0 Å². The molecule has 1 fully saturated rings. The lowest BCUT2D eigenvalue weighted by molar-refractivity contribution is 0.176. The van der Waals surface area contributed by atoms with Crippen LogP contribution in [0.3, 0.4) is 0 Å². The number of hydrogen-bond acceptors (Lipinski definition) is 2. The van der Waals surface area contributed by atoms with E-state index < -0.39 is 0 Å². The van der Waals surface area contributed by atoms with Crippen LogP contribution < -0.4 is 5.32 Å². The normalized spacial score (nSPS) is 23.6. The smallest absolute Gasteiger partial charge is 0.0220 e. The third-order valence-corrected chi connectivity index (χ3v) is 4.59. The molecular formula is C18H38N2. The predicted molar refractivity (Wildman–Crippen MR) is 90.3 cm³/mol. The molecule has 0 bridgehead atoms. The van der Waals surface area contributed by atoms with Gasteiger partial charge in [0.15, 0.2) is 0 Å². The van der Waals surface area contributed by atoms with Crippen LogP contribution in [-0.2, 0) is 0 Å². The molecule has 0 radical (unpaired) electrons. The quantitative estimate of drug-likeness (QED) is 0.742.